The monoisotopic (exact) mass is 386 g/mol. The van der Waals surface area contributed by atoms with Crippen LogP contribution in [-0.4, -0.2) is 31.1 Å². The molecular weight excluding hydrogens is 360 g/mol. The van der Waals surface area contributed by atoms with Crippen molar-refractivity contribution in [2.24, 2.45) is 5.92 Å². The molecule has 0 spiro atoms. The molecular formula is C20H26N4O4. The van der Waals surface area contributed by atoms with Gasteiger partial charge in [-0.05, 0) is 62.3 Å². The maximum Gasteiger partial charge on any atom is 0.341 e. The molecule has 1 aromatic carbocycles. The first-order valence-corrected chi connectivity index (χ1v) is 9.37. The molecule has 0 aromatic heterocycles. The zero-order valence-electron chi connectivity index (χ0n) is 16.2. The number of carbonyl (C=O) groups excluding carboxylic acids is 3. The smallest absolute Gasteiger partial charge is 0.341 e. The Morgan fingerprint density at radius 3 is 2.36 bits per heavy atom. The van der Waals surface area contributed by atoms with E-state index >= 15 is 0 Å². The molecule has 2 N–H and O–H groups in total. The van der Waals surface area contributed by atoms with Crippen molar-refractivity contribution in [3.05, 3.63) is 29.8 Å². The molecule has 1 saturated carbocycles. The summed E-state index contributed by atoms with van der Waals surface area (Å²) in [6.07, 6.45) is 4.72. The number of esters is 1. The molecule has 1 aromatic rings. The lowest BCUT2D eigenvalue weighted by molar-refractivity contribution is -0.141. The van der Waals surface area contributed by atoms with E-state index in [2.05, 4.69) is 15.5 Å². The third-order valence-corrected chi connectivity index (χ3v) is 4.89. The van der Waals surface area contributed by atoms with Gasteiger partial charge >= 0.3 is 12.0 Å². The standard InChI is InChI=1S/C20H26N4O4/c1-14(25)23-24(18-10-5-16(13-21)6-11-18)20(27)22-17-8-3-15(4-9-17)7-12-19(26)28-2/h5-6,10-11,15,17H,3-4,7-9,12H2,1-2H3,(H,22,27)(H,23,25). The van der Waals surface area contributed by atoms with Gasteiger partial charge in [0.1, 0.15) is 0 Å². The van der Waals surface area contributed by atoms with E-state index in [4.69, 9.17) is 5.26 Å². The van der Waals surface area contributed by atoms with Crippen molar-refractivity contribution in [1.29, 1.82) is 5.26 Å². The second kappa shape index (κ2) is 10.3. The number of nitrogens with one attached hydrogen (secondary N) is 2. The Labute approximate surface area is 164 Å². The van der Waals surface area contributed by atoms with Gasteiger partial charge in [-0.2, -0.15) is 5.26 Å². The van der Waals surface area contributed by atoms with Gasteiger partial charge in [0.2, 0.25) is 5.91 Å². The highest BCUT2D eigenvalue weighted by atomic mass is 16.5. The van der Waals surface area contributed by atoms with Crippen LogP contribution in [0, 0.1) is 17.2 Å². The first kappa shape index (κ1) is 21.2. The van der Waals surface area contributed by atoms with Crippen molar-refractivity contribution >= 4 is 23.6 Å². The molecule has 0 aliphatic heterocycles. The number of nitriles is 1. The molecule has 1 aliphatic rings. The number of hydrogen-bond acceptors (Lipinski definition) is 5. The first-order valence-electron chi connectivity index (χ1n) is 9.37. The van der Waals surface area contributed by atoms with Gasteiger partial charge in [-0.3, -0.25) is 15.0 Å². The molecule has 8 nitrogen and oxygen atoms in total. The molecule has 0 heterocycles. The van der Waals surface area contributed by atoms with Gasteiger partial charge in [-0.1, -0.05) is 0 Å². The summed E-state index contributed by atoms with van der Waals surface area (Å²) < 4.78 is 4.68. The number of anilines is 1. The van der Waals surface area contributed by atoms with Crippen LogP contribution < -0.4 is 15.8 Å². The normalized spacial score (nSPS) is 18.5. The topological polar surface area (TPSA) is 112 Å². The van der Waals surface area contributed by atoms with Gasteiger partial charge in [0.15, 0.2) is 0 Å². The Kier molecular flexibility index (Phi) is 7.81. The fourth-order valence-corrected chi connectivity index (χ4v) is 3.33. The van der Waals surface area contributed by atoms with E-state index in [0.717, 1.165) is 37.1 Å². The lowest BCUT2D eigenvalue weighted by Gasteiger charge is -2.31. The molecule has 150 valence electrons. The van der Waals surface area contributed by atoms with Gasteiger partial charge in [-0.25, -0.2) is 9.80 Å². The number of nitrogens with zero attached hydrogens (tertiary/aromatic N) is 2. The second-order valence-electron chi connectivity index (χ2n) is 6.94. The predicted octanol–water partition coefficient (Wildman–Crippen LogP) is 2.64. The fourth-order valence-electron chi connectivity index (χ4n) is 3.33. The summed E-state index contributed by atoms with van der Waals surface area (Å²) in [5, 5.41) is 13.0. The fraction of sp³-hybridized carbons (Fsp3) is 0.500. The molecule has 0 saturated heterocycles. The van der Waals surface area contributed by atoms with E-state index in [0.29, 0.717) is 23.6 Å². The van der Waals surface area contributed by atoms with Crippen LogP contribution in [0.2, 0.25) is 0 Å². The van der Waals surface area contributed by atoms with Gasteiger partial charge < -0.3 is 10.1 Å². The Bertz CT molecular complexity index is 734. The van der Waals surface area contributed by atoms with Crippen LogP contribution in [0.15, 0.2) is 24.3 Å². The minimum Gasteiger partial charge on any atom is -0.469 e. The zero-order chi connectivity index (χ0) is 20.5. The number of carbonyl (C=O) groups is 3. The average molecular weight is 386 g/mol. The van der Waals surface area contributed by atoms with Crippen molar-refractivity contribution in [1.82, 2.24) is 10.7 Å². The number of rotatable bonds is 5. The second-order valence-corrected chi connectivity index (χ2v) is 6.94. The number of ether oxygens (including phenoxy) is 1. The Balaban J connectivity index is 1.92. The maximum atomic E-state index is 12.7. The van der Waals surface area contributed by atoms with Crippen LogP contribution in [-0.2, 0) is 14.3 Å². The molecule has 0 unspecified atom stereocenters. The molecule has 3 amide bonds. The average Bonchev–Trinajstić information content (AvgIpc) is 2.71. The molecule has 8 heteroatoms. The van der Waals surface area contributed by atoms with Crippen LogP contribution in [0.1, 0.15) is 51.0 Å². The molecule has 0 radical (unpaired) electrons. The van der Waals surface area contributed by atoms with Gasteiger partial charge in [-0.15, -0.1) is 0 Å². The summed E-state index contributed by atoms with van der Waals surface area (Å²) in [7, 11) is 1.39. The molecule has 1 fully saturated rings. The van der Waals surface area contributed by atoms with E-state index in [9.17, 15) is 14.4 Å². The largest absolute Gasteiger partial charge is 0.469 e. The Hall–Kier alpha value is -3.08. The minimum absolute atomic E-state index is 0.0107. The summed E-state index contributed by atoms with van der Waals surface area (Å²) in [5.74, 6) is -0.105. The zero-order valence-corrected chi connectivity index (χ0v) is 16.2. The highest BCUT2D eigenvalue weighted by Gasteiger charge is 2.25. The molecule has 0 bridgehead atoms. The van der Waals surface area contributed by atoms with Crippen LogP contribution in [0.25, 0.3) is 0 Å². The van der Waals surface area contributed by atoms with Gasteiger partial charge in [0.05, 0.1) is 24.4 Å². The van der Waals surface area contributed by atoms with Crippen molar-refractivity contribution < 1.29 is 19.1 Å². The third-order valence-electron chi connectivity index (χ3n) is 4.89. The van der Waals surface area contributed by atoms with Gasteiger partial charge in [0.25, 0.3) is 0 Å². The quantitative estimate of drug-likeness (QED) is 0.597. The van der Waals surface area contributed by atoms with Gasteiger partial charge in [0, 0.05) is 19.4 Å². The molecule has 0 atom stereocenters. The van der Waals surface area contributed by atoms with E-state index in [-0.39, 0.29) is 17.9 Å². The van der Waals surface area contributed by atoms with E-state index in [1.165, 1.54) is 14.0 Å². The lowest BCUT2D eigenvalue weighted by Crippen LogP contribution is -2.53. The summed E-state index contributed by atoms with van der Waals surface area (Å²) in [6.45, 7) is 1.33. The highest BCUT2D eigenvalue weighted by molar-refractivity contribution is 5.95. The number of urea groups is 1. The van der Waals surface area contributed by atoms with E-state index < -0.39 is 6.03 Å². The van der Waals surface area contributed by atoms with Crippen LogP contribution in [0.4, 0.5) is 10.5 Å². The Morgan fingerprint density at radius 2 is 1.82 bits per heavy atom. The number of hydrazine groups is 1. The first-order chi connectivity index (χ1) is 13.4. The lowest BCUT2D eigenvalue weighted by atomic mass is 9.83. The predicted molar refractivity (Wildman–Crippen MR) is 103 cm³/mol. The number of amides is 3. The number of benzene rings is 1. The number of methoxy groups -OCH3 is 1. The molecule has 1 aliphatic carbocycles. The van der Waals surface area contributed by atoms with Crippen molar-refractivity contribution in [2.45, 2.75) is 51.5 Å². The van der Waals surface area contributed by atoms with Crippen LogP contribution in [0.5, 0.6) is 0 Å². The summed E-state index contributed by atoms with van der Waals surface area (Å²) in [5.41, 5.74) is 3.46. The van der Waals surface area contributed by atoms with E-state index in [1.54, 1.807) is 24.3 Å². The van der Waals surface area contributed by atoms with Crippen LogP contribution in [0.3, 0.4) is 0 Å². The summed E-state index contributed by atoms with van der Waals surface area (Å²) >= 11 is 0. The SMILES string of the molecule is COC(=O)CCC1CCC(NC(=O)N(NC(C)=O)c2ccc(C#N)cc2)CC1. The molecule has 28 heavy (non-hydrogen) atoms. The highest BCUT2D eigenvalue weighted by Crippen LogP contribution is 2.28. The summed E-state index contributed by atoms with van der Waals surface area (Å²) in [4.78, 5) is 35.5. The van der Waals surface area contributed by atoms with Crippen molar-refractivity contribution in [2.75, 3.05) is 12.1 Å². The maximum absolute atomic E-state index is 12.7. The number of hydrogen-bond donors (Lipinski definition) is 2. The Morgan fingerprint density at radius 1 is 1.18 bits per heavy atom. The summed E-state index contributed by atoms with van der Waals surface area (Å²) in [6, 6.07) is 8.00. The third kappa shape index (κ3) is 6.27. The molecule has 2 rings (SSSR count). The van der Waals surface area contributed by atoms with E-state index in [1.807, 2.05) is 6.07 Å². The van der Waals surface area contributed by atoms with Crippen molar-refractivity contribution in [3.8, 4) is 6.07 Å². The minimum atomic E-state index is -0.419. The van der Waals surface area contributed by atoms with Crippen LogP contribution >= 0.6 is 0 Å². The van der Waals surface area contributed by atoms with Crippen molar-refractivity contribution in [3.63, 3.8) is 0 Å².